The summed E-state index contributed by atoms with van der Waals surface area (Å²) in [6.45, 7) is 0. The van der Waals surface area contributed by atoms with Gasteiger partial charge in [-0.3, -0.25) is 4.79 Å². The fourth-order valence-electron chi connectivity index (χ4n) is 3.06. The summed E-state index contributed by atoms with van der Waals surface area (Å²) in [5.41, 5.74) is 7.68. The van der Waals surface area contributed by atoms with Crippen molar-refractivity contribution in [1.29, 1.82) is 0 Å². The van der Waals surface area contributed by atoms with Gasteiger partial charge in [-0.1, -0.05) is 18.9 Å². The van der Waals surface area contributed by atoms with Crippen LogP contribution in [0, 0.1) is 0 Å². The number of ether oxygens (including phenoxy) is 1. The minimum atomic E-state index is -0.0233. The molecule has 3 N–H and O–H groups in total. The second kappa shape index (κ2) is 5.44. The maximum Gasteiger partial charge on any atom is 0.255 e. The fourth-order valence-corrected chi connectivity index (χ4v) is 3.06. The number of carbonyl (C=O) groups excluding carboxylic acids is 1. The molecule has 1 aromatic carbocycles. The van der Waals surface area contributed by atoms with Crippen molar-refractivity contribution in [2.45, 2.75) is 50.1 Å². The standard InChI is InChI=1S/C16H22N2O2/c1-20-15-7-6-10(12-9-14(12)17)8-13(15)16(19)18-11-4-2-3-5-11/h6-8,11-12,14H,2-5,9,17H2,1H3,(H,18,19). The van der Waals surface area contributed by atoms with E-state index in [1.807, 2.05) is 18.2 Å². The van der Waals surface area contributed by atoms with Crippen LogP contribution in [0.4, 0.5) is 0 Å². The minimum Gasteiger partial charge on any atom is -0.496 e. The van der Waals surface area contributed by atoms with Crippen molar-refractivity contribution in [3.63, 3.8) is 0 Å². The van der Waals surface area contributed by atoms with Crippen LogP contribution in [0.25, 0.3) is 0 Å². The van der Waals surface area contributed by atoms with Gasteiger partial charge in [-0.05, 0) is 37.0 Å². The van der Waals surface area contributed by atoms with E-state index in [4.69, 9.17) is 10.5 Å². The zero-order valence-corrected chi connectivity index (χ0v) is 11.9. The first-order valence-electron chi connectivity index (χ1n) is 7.43. The number of benzene rings is 1. The van der Waals surface area contributed by atoms with Gasteiger partial charge in [0.1, 0.15) is 5.75 Å². The van der Waals surface area contributed by atoms with Gasteiger partial charge in [0.15, 0.2) is 0 Å². The summed E-state index contributed by atoms with van der Waals surface area (Å²) in [6, 6.07) is 6.40. The number of amides is 1. The Morgan fingerprint density at radius 2 is 2.05 bits per heavy atom. The monoisotopic (exact) mass is 274 g/mol. The summed E-state index contributed by atoms with van der Waals surface area (Å²) in [5, 5.41) is 3.12. The Hall–Kier alpha value is -1.55. The Labute approximate surface area is 119 Å². The predicted octanol–water partition coefficient (Wildman–Crippen LogP) is 2.18. The average molecular weight is 274 g/mol. The number of rotatable bonds is 4. The van der Waals surface area contributed by atoms with Crippen molar-refractivity contribution in [2.24, 2.45) is 5.73 Å². The first kappa shape index (κ1) is 13.4. The molecule has 0 heterocycles. The second-order valence-corrected chi connectivity index (χ2v) is 5.92. The smallest absolute Gasteiger partial charge is 0.255 e. The van der Waals surface area contributed by atoms with E-state index >= 15 is 0 Å². The van der Waals surface area contributed by atoms with Crippen molar-refractivity contribution in [3.05, 3.63) is 29.3 Å². The van der Waals surface area contributed by atoms with Gasteiger partial charge in [-0.2, -0.15) is 0 Å². The molecule has 0 aliphatic heterocycles. The third-order valence-corrected chi connectivity index (χ3v) is 4.43. The molecule has 3 rings (SSSR count). The summed E-state index contributed by atoms with van der Waals surface area (Å²) in [6.07, 6.45) is 5.59. The lowest BCUT2D eigenvalue weighted by Crippen LogP contribution is -2.32. The van der Waals surface area contributed by atoms with Gasteiger partial charge in [-0.25, -0.2) is 0 Å². The van der Waals surface area contributed by atoms with E-state index in [2.05, 4.69) is 5.32 Å². The van der Waals surface area contributed by atoms with Crippen LogP contribution < -0.4 is 15.8 Å². The molecule has 0 bridgehead atoms. The van der Waals surface area contributed by atoms with Gasteiger partial charge in [0.05, 0.1) is 12.7 Å². The Kier molecular flexibility index (Phi) is 3.66. The molecule has 2 unspecified atom stereocenters. The van der Waals surface area contributed by atoms with Gasteiger partial charge in [0.25, 0.3) is 5.91 Å². The average Bonchev–Trinajstić information content (AvgIpc) is 2.97. The number of methoxy groups -OCH3 is 1. The normalized spacial score (nSPS) is 25.5. The second-order valence-electron chi connectivity index (χ2n) is 5.92. The van der Waals surface area contributed by atoms with E-state index in [9.17, 15) is 4.79 Å². The molecular formula is C16H22N2O2. The van der Waals surface area contributed by atoms with Crippen molar-refractivity contribution in [2.75, 3.05) is 7.11 Å². The van der Waals surface area contributed by atoms with Gasteiger partial charge >= 0.3 is 0 Å². The molecule has 4 heteroatoms. The molecule has 2 atom stereocenters. The highest BCUT2D eigenvalue weighted by Gasteiger charge is 2.35. The molecule has 1 aromatic rings. The lowest BCUT2D eigenvalue weighted by molar-refractivity contribution is 0.0934. The number of nitrogens with two attached hydrogens (primary N) is 1. The summed E-state index contributed by atoms with van der Waals surface area (Å²) in [4.78, 5) is 12.4. The summed E-state index contributed by atoms with van der Waals surface area (Å²) in [7, 11) is 1.60. The fraction of sp³-hybridized carbons (Fsp3) is 0.562. The maximum absolute atomic E-state index is 12.4. The molecular weight excluding hydrogens is 252 g/mol. The van der Waals surface area contributed by atoms with Crippen molar-refractivity contribution >= 4 is 5.91 Å². The molecule has 2 aliphatic carbocycles. The van der Waals surface area contributed by atoms with Crippen LogP contribution in [0.15, 0.2) is 18.2 Å². The highest BCUT2D eigenvalue weighted by atomic mass is 16.5. The summed E-state index contributed by atoms with van der Waals surface area (Å²) < 4.78 is 5.32. The number of carbonyl (C=O) groups is 1. The van der Waals surface area contributed by atoms with Crippen LogP contribution in [0.3, 0.4) is 0 Å². The van der Waals surface area contributed by atoms with Crippen LogP contribution in [-0.2, 0) is 0 Å². The molecule has 0 saturated heterocycles. The molecule has 2 aliphatic rings. The first-order chi connectivity index (χ1) is 9.69. The third kappa shape index (κ3) is 2.66. The topological polar surface area (TPSA) is 64.3 Å². The number of hydrogen-bond acceptors (Lipinski definition) is 3. The van der Waals surface area contributed by atoms with Crippen LogP contribution in [0.5, 0.6) is 5.75 Å². The van der Waals surface area contributed by atoms with Crippen molar-refractivity contribution in [3.8, 4) is 5.75 Å². The van der Waals surface area contributed by atoms with Gasteiger partial charge in [0, 0.05) is 18.0 Å². The van der Waals surface area contributed by atoms with Gasteiger partial charge in [-0.15, -0.1) is 0 Å². The Bertz CT molecular complexity index is 509. The molecule has 2 saturated carbocycles. The minimum absolute atomic E-state index is 0.0233. The van der Waals surface area contributed by atoms with Gasteiger partial charge < -0.3 is 15.8 Å². The van der Waals surface area contributed by atoms with E-state index in [1.165, 1.54) is 12.8 Å². The highest BCUT2D eigenvalue weighted by molar-refractivity contribution is 5.97. The zero-order chi connectivity index (χ0) is 14.1. The van der Waals surface area contributed by atoms with Gasteiger partial charge in [0.2, 0.25) is 0 Å². The van der Waals surface area contributed by atoms with E-state index in [1.54, 1.807) is 7.11 Å². The molecule has 2 fully saturated rings. The predicted molar refractivity (Wildman–Crippen MR) is 78.0 cm³/mol. The van der Waals surface area contributed by atoms with Crippen LogP contribution in [-0.4, -0.2) is 25.1 Å². The molecule has 1 amide bonds. The molecule has 4 nitrogen and oxygen atoms in total. The molecule has 108 valence electrons. The maximum atomic E-state index is 12.4. The van der Waals surface area contributed by atoms with E-state index < -0.39 is 0 Å². The van der Waals surface area contributed by atoms with E-state index in [-0.39, 0.29) is 11.9 Å². The molecule has 0 aromatic heterocycles. The quantitative estimate of drug-likeness (QED) is 0.884. The van der Waals surface area contributed by atoms with Crippen molar-refractivity contribution < 1.29 is 9.53 Å². The van der Waals surface area contributed by atoms with E-state index in [0.717, 1.165) is 24.8 Å². The van der Waals surface area contributed by atoms with Crippen LogP contribution in [0.2, 0.25) is 0 Å². The molecule has 20 heavy (non-hydrogen) atoms. The molecule has 0 radical (unpaired) electrons. The van der Waals surface area contributed by atoms with Crippen LogP contribution in [0.1, 0.15) is 53.9 Å². The third-order valence-electron chi connectivity index (χ3n) is 4.43. The van der Waals surface area contributed by atoms with Crippen molar-refractivity contribution in [1.82, 2.24) is 5.32 Å². The lowest BCUT2D eigenvalue weighted by Gasteiger charge is -2.15. The lowest BCUT2D eigenvalue weighted by atomic mass is 10.0. The van der Waals surface area contributed by atoms with E-state index in [0.29, 0.717) is 23.3 Å². The number of nitrogens with one attached hydrogen (secondary N) is 1. The summed E-state index contributed by atoms with van der Waals surface area (Å²) in [5.74, 6) is 1.02. The molecule has 0 spiro atoms. The Balaban J connectivity index is 1.79. The first-order valence-corrected chi connectivity index (χ1v) is 7.43. The summed E-state index contributed by atoms with van der Waals surface area (Å²) >= 11 is 0. The Morgan fingerprint density at radius 1 is 1.35 bits per heavy atom. The SMILES string of the molecule is COc1ccc(C2CC2N)cc1C(=O)NC1CCCC1. The largest absolute Gasteiger partial charge is 0.496 e. The number of hydrogen-bond donors (Lipinski definition) is 2. The highest BCUT2D eigenvalue weighted by Crippen LogP contribution is 2.40. The zero-order valence-electron chi connectivity index (χ0n) is 11.9. The Morgan fingerprint density at radius 3 is 2.65 bits per heavy atom. The van der Waals surface area contributed by atoms with Crippen LogP contribution >= 0.6 is 0 Å².